The molecule has 0 bridgehead atoms. The number of anilines is 2. The molecule has 0 aliphatic rings. The number of carbonyl (C=O) groups excluding carboxylic acids is 2. The molecule has 1 aromatic heterocycles. The van der Waals surface area contributed by atoms with Crippen molar-refractivity contribution in [3.63, 3.8) is 0 Å². The molecule has 4 rings (SSSR count). The fourth-order valence-electron chi connectivity index (χ4n) is 3.03. The van der Waals surface area contributed by atoms with Gasteiger partial charge in [-0.05, 0) is 29.8 Å². The highest BCUT2D eigenvalue weighted by Crippen LogP contribution is 2.27. The van der Waals surface area contributed by atoms with Gasteiger partial charge in [-0.1, -0.05) is 48.5 Å². The Labute approximate surface area is 171 Å². The summed E-state index contributed by atoms with van der Waals surface area (Å²) < 4.78 is 15.2. The van der Waals surface area contributed by atoms with E-state index in [1.165, 1.54) is 29.5 Å². The van der Waals surface area contributed by atoms with Crippen LogP contribution in [0.25, 0.3) is 10.1 Å². The van der Waals surface area contributed by atoms with Gasteiger partial charge in [-0.15, -0.1) is 11.3 Å². The van der Waals surface area contributed by atoms with Crippen LogP contribution in [0.1, 0.15) is 15.9 Å². The first kappa shape index (κ1) is 18.8. The molecule has 0 aliphatic carbocycles. The molecule has 0 saturated carbocycles. The van der Waals surface area contributed by atoms with Crippen molar-refractivity contribution < 1.29 is 14.0 Å². The maximum atomic E-state index is 14.2. The van der Waals surface area contributed by atoms with E-state index in [9.17, 15) is 14.0 Å². The summed E-state index contributed by atoms with van der Waals surface area (Å²) in [6.45, 7) is 0. The second kappa shape index (κ2) is 8.24. The lowest BCUT2D eigenvalue weighted by atomic mass is 10.1. The summed E-state index contributed by atoms with van der Waals surface area (Å²) in [7, 11) is 0. The summed E-state index contributed by atoms with van der Waals surface area (Å²) in [6, 6.07) is 21.0. The van der Waals surface area contributed by atoms with Crippen molar-refractivity contribution in [2.24, 2.45) is 0 Å². The van der Waals surface area contributed by atoms with Gasteiger partial charge in [0.1, 0.15) is 5.82 Å². The van der Waals surface area contributed by atoms with Crippen molar-refractivity contribution in [2.45, 2.75) is 6.42 Å². The quantitative estimate of drug-likeness (QED) is 0.463. The van der Waals surface area contributed by atoms with E-state index in [0.717, 1.165) is 15.6 Å². The molecule has 0 spiro atoms. The number of hydrogen-bond donors (Lipinski definition) is 2. The van der Waals surface area contributed by atoms with Gasteiger partial charge < -0.3 is 10.6 Å². The molecule has 3 aromatic carbocycles. The van der Waals surface area contributed by atoms with Crippen LogP contribution in [0.5, 0.6) is 0 Å². The van der Waals surface area contributed by atoms with Crippen LogP contribution in [0.2, 0.25) is 0 Å². The second-order valence-corrected chi connectivity index (χ2v) is 7.42. The monoisotopic (exact) mass is 404 g/mol. The van der Waals surface area contributed by atoms with Gasteiger partial charge in [0.15, 0.2) is 0 Å². The highest BCUT2D eigenvalue weighted by Gasteiger charge is 2.14. The zero-order chi connectivity index (χ0) is 20.2. The molecular formula is C23H17FN2O2S. The summed E-state index contributed by atoms with van der Waals surface area (Å²) in [4.78, 5) is 24.9. The Morgan fingerprint density at radius 2 is 1.66 bits per heavy atom. The van der Waals surface area contributed by atoms with E-state index in [0.29, 0.717) is 11.3 Å². The smallest absolute Gasteiger partial charge is 0.257 e. The number of amides is 2. The van der Waals surface area contributed by atoms with Gasteiger partial charge >= 0.3 is 0 Å². The first-order valence-corrected chi connectivity index (χ1v) is 9.89. The fraction of sp³-hybridized carbons (Fsp3) is 0.0435. The number of hydrogen-bond acceptors (Lipinski definition) is 3. The molecule has 0 unspecified atom stereocenters. The van der Waals surface area contributed by atoms with E-state index in [1.54, 1.807) is 5.38 Å². The molecule has 6 heteroatoms. The van der Waals surface area contributed by atoms with Gasteiger partial charge in [-0.25, -0.2) is 4.39 Å². The molecule has 1 heterocycles. The molecule has 0 aliphatic heterocycles. The average molecular weight is 404 g/mol. The summed E-state index contributed by atoms with van der Waals surface area (Å²) in [5, 5.41) is 8.02. The summed E-state index contributed by atoms with van der Waals surface area (Å²) in [5.74, 6) is -1.18. The van der Waals surface area contributed by atoms with Crippen LogP contribution in [-0.4, -0.2) is 11.8 Å². The average Bonchev–Trinajstić information content (AvgIpc) is 3.15. The maximum Gasteiger partial charge on any atom is 0.257 e. The largest absolute Gasteiger partial charge is 0.323 e. The number of nitrogens with one attached hydrogen (secondary N) is 2. The third-order valence-electron chi connectivity index (χ3n) is 4.43. The van der Waals surface area contributed by atoms with Crippen LogP contribution in [0.3, 0.4) is 0 Å². The lowest BCUT2D eigenvalue weighted by molar-refractivity contribution is -0.115. The highest BCUT2D eigenvalue weighted by molar-refractivity contribution is 7.17. The SMILES string of the molecule is O=C(Cc1ccccc1)Nc1cc(NC(=O)c2csc3ccccc23)ccc1F. The van der Waals surface area contributed by atoms with Crippen molar-refractivity contribution in [1.29, 1.82) is 0 Å². The second-order valence-electron chi connectivity index (χ2n) is 6.50. The molecule has 2 N–H and O–H groups in total. The van der Waals surface area contributed by atoms with Crippen molar-refractivity contribution in [3.05, 3.63) is 95.1 Å². The highest BCUT2D eigenvalue weighted by atomic mass is 32.1. The number of fused-ring (bicyclic) bond motifs is 1. The molecule has 0 atom stereocenters. The van der Waals surface area contributed by atoms with Gasteiger partial charge in [0, 0.05) is 21.2 Å². The Morgan fingerprint density at radius 3 is 2.48 bits per heavy atom. The van der Waals surface area contributed by atoms with Crippen molar-refractivity contribution in [1.82, 2.24) is 0 Å². The van der Waals surface area contributed by atoms with E-state index in [4.69, 9.17) is 0 Å². The Hall–Kier alpha value is -3.51. The van der Waals surface area contributed by atoms with Crippen LogP contribution in [0.15, 0.2) is 78.2 Å². The molecule has 2 amide bonds. The predicted molar refractivity (Wildman–Crippen MR) is 115 cm³/mol. The normalized spacial score (nSPS) is 10.7. The first-order valence-electron chi connectivity index (χ1n) is 9.01. The van der Waals surface area contributed by atoms with Crippen LogP contribution in [0.4, 0.5) is 15.8 Å². The Bertz CT molecular complexity index is 1190. The molecule has 144 valence electrons. The minimum atomic E-state index is -0.564. The molecule has 4 aromatic rings. The lowest BCUT2D eigenvalue weighted by Crippen LogP contribution is -2.16. The number of thiophene rings is 1. The van der Waals surface area contributed by atoms with Crippen LogP contribution < -0.4 is 10.6 Å². The number of benzene rings is 3. The Balaban J connectivity index is 1.49. The Morgan fingerprint density at radius 1 is 0.897 bits per heavy atom. The lowest BCUT2D eigenvalue weighted by Gasteiger charge is -2.10. The van der Waals surface area contributed by atoms with Gasteiger partial charge in [-0.3, -0.25) is 9.59 Å². The van der Waals surface area contributed by atoms with Crippen molar-refractivity contribution in [3.8, 4) is 0 Å². The summed E-state index contributed by atoms with van der Waals surface area (Å²) in [5.41, 5.74) is 1.82. The number of carbonyl (C=O) groups is 2. The topological polar surface area (TPSA) is 58.2 Å². The third-order valence-corrected chi connectivity index (χ3v) is 5.39. The van der Waals surface area contributed by atoms with Gasteiger partial charge in [-0.2, -0.15) is 0 Å². The minimum absolute atomic E-state index is 0.0268. The number of rotatable bonds is 5. The zero-order valence-electron chi connectivity index (χ0n) is 15.3. The number of halogens is 1. The van der Waals surface area contributed by atoms with Crippen LogP contribution >= 0.6 is 11.3 Å². The third kappa shape index (κ3) is 4.33. The van der Waals surface area contributed by atoms with E-state index < -0.39 is 5.82 Å². The minimum Gasteiger partial charge on any atom is -0.323 e. The molecule has 0 radical (unpaired) electrons. The van der Waals surface area contributed by atoms with Crippen LogP contribution in [-0.2, 0) is 11.2 Å². The summed E-state index contributed by atoms with van der Waals surface area (Å²) in [6.07, 6.45) is 0.137. The standard InChI is InChI=1S/C23H17FN2O2S/c24-19-11-10-16(13-20(19)26-22(27)12-15-6-2-1-3-7-15)25-23(28)18-14-29-21-9-5-4-8-17(18)21/h1-11,13-14H,12H2,(H,25,28)(H,26,27). The maximum absolute atomic E-state index is 14.2. The van der Waals surface area contributed by atoms with Gasteiger partial charge in [0.2, 0.25) is 5.91 Å². The van der Waals surface area contributed by atoms with Crippen molar-refractivity contribution in [2.75, 3.05) is 10.6 Å². The molecule has 29 heavy (non-hydrogen) atoms. The Kier molecular flexibility index (Phi) is 5.35. The first-order chi connectivity index (χ1) is 14.1. The summed E-state index contributed by atoms with van der Waals surface area (Å²) >= 11 is 1.49. The fourth-order valence-corrected chi connectivity index (χ4v) is 3.97. The van der Waals surface area contributed by atoms with Crippen molar-refractivity contribution >= 4 is 44.6 Å². The van der Waals surface area contributed by atoms with Gasteiger partial charge in [0.25, 0.3) is 5.91 Å². The van der Waals surface area contributed by atoms with Crippen LogP contribution in [0, 0.1) is 5.82 Å². The molecule has 4 nitrogen and oxygen atoms in total. The molecule has 0 saturated heterocycles. The molecule has 0 fully saturated rings. The predicted octanol–water partition coefficient (Wildman–Crippen LogP) is 5.47. The zero-order valence-corrected chi connectivity index (χ0v) is 16.1. The van der Waals surface area contributed by atoms with Gasteiger partial charge in [0.05, 0.1) is 17.7 Å². The molecular weight excluding hydrogens is 387 g/mol. The van der Waals surface area contributed by atoms with E-state index in [1.807, 2.05) is 54.6 Å². The van der Waals surface area contributed by atoms with E-state index >= 15 is 0 Å². The van der Waals surface area contributed by atoms with E-state index in [-0.39, 0.29) is 23.9 Å². The van der Waals surface area contributed by atoms with E-state index in [2.05, 4.69) is 10.6 Å².